The highest BCUT2D eigenvalue weighted by atomic mass is 35.5. The van der Waals surface area contributed by atoms with Gasteiger partial charge in [-0.05, 0) is 26.7 Å². The van der Waals surface area contributed by atoms with Crippen molar-refractivity contribution in [1.29, 1.82) is 0 Å². The van der Waals surface area contributed by atoms with E-state index in [1.807, 2.05) is 6.92 Å². The van der Waals surface area contributed by atoms with E-state index in [0.29, 0.717) is 26.1 Å². The summed E-state index contributed by atoms with van der Waals surface area (Å²) in [5, 5.41) is 3.09. The van der Waals surface area contributed by atoms with Gasteiger partial charge in [-0.1, -0.05) is 0 Å². The molecule has 22 heavy (non-hydrogen) atoms. The molecule has 132 valence electrons. The number of rotatable bonds is 4. The Morgan fingerprint density at radius 3 is 2.14 bits per heavy atom. The Labute approximate surface area is 145 Å². The van der Waals surface area contributed by atoms with Crippen LogP contribution in [0.1, 0.15) is 26.7 Å². The minimum atomic E-state index is -0.767. The fourth-order valence-corrected chi connectivity index (χ4v) is 2.73. The molecule has 8 heteroatoms. The third-order valence-corrected chi connectivity index (χ3v) is 4.54. The highest BCUT2D eigenvalue weighted by Gasteiger charge is 2.37. The van der Waals surface area contributed by atoms with Crippen LogP contribution in [0, 0.1) is 0 Å². The van der Waals surface area contributed by atoms with E-state index in [2.05, 4.69) is 17.1 Å². The maximum atomic E-state index is 12.4. The van der Waals surface area contributed by atoms with Crippen molar-refractivity contribution in [1.82, 2.24) is 10.2 Å². The maximum absolute atomic E-state index is 12.4. The highest BCUT2D eigenvalue weighted by molar-refractivity contribution is 5.86. The summed E-state index contributed by atoms with van der Waals surface area (Å²) in [7, 11) is 0. The van der Waals surface area contributed by atoms with Crippen molar-refractivity contribution in [3.63, 3.8) is 0 Å². The molecule has 0 aliphatic carbocycles. The molecule has 0 aromatic carbocycles. The summed E-state index contributed by atoms with van der Waals surface area (Å²) < 4.78 is 10.6. The Hall–Kier alpha value is -0.110. The van der Waals surface area contributed by atoms with Crippen molar-refractivity contribution < 1.29 is 14.3 Å². The van der Waals surface area contributed by atoms with Crippen LogP contribution >= 0.6 is 24.8 Å². The fourth-order valence-electron chi connectivity index (χ4n) is 2.73. The summed E-state index contributed by atoms with van der Waals surface area (Å²) >= 11 is 0. The molecule has 3 N–H and O–H groups in total. The van der Waals surface area contributed by atoms with Gasteiger partial charge in [0.15, 0.2) is 0 Å². The van der Waals surface area contributed by atoms with Crippen LogP contribution in [0.4, 0.5) is 0 Å². The van der Waals surface area contributed by atoms with Crippen LogP contribution in [-0.4, -0.2) is 67.9 Å². The van der Waals surface area contributed by atoms with Crippen molar-refractivity contribution in [3.05, 3.63) is 0 Å². The van der Waals surface area contributed by atoms with E-state index in [-0.39, 0.29) is 42.8 Å². The standard InChI is InChI=1S/C14H27N3O3.2ClH/c1-11(12(2)17-5-9-20-10-6-17)16-13(18)14(15)3-7-19-8-4-14;;/h11-12H,3-10,15H2,1-2H3,(H,16,18);2*1H. The zero-order chi connectivity index (χ0) is 14.6. The lowest BCUT2D eigenvalue weighted by molar-refractivity contribution is -0.131. The molecule has 0 radical (unpaired) electrons. The lowest BCUT2D eigenvalue weighted by atomic mass is 9.90. The molecule has 2 aliphatic rings. The van der Waals surface area contributed by atoms with Gasteiger partial charge in [-0.3, -0.25) is 9.69 Å². The first-order valence-corrected chi connectivity index (χ1v) is 7.52. The Morgan fingerprint density at radius 1 is 1.09 bits per heavy atom. The number of ether oxygens (including phenoxy) is 2. The number of hydrogen-bond acceptors (Lipinski definition) is 5. The molecule has 0 saturated carbocycles. The number of nitrogens with one attached hydrogen (secondary N) is 1. The summed E-state index contributed by atoms with van der Waals surface area (Å²) in [6.07, 6.45) is 1.19. The van der Waals surface area contributed by atoms with Crippen molar-refractivity contribution in [2.75, 3.05) is 39.5 Å². The molecule has 6 nitrogen and oxygen atoms in total. The molecule has 0 aromatic rings. The number of amides is 1. The third-order valence-electron chi connectivity index (χ3n) is 4.54. The van der Waals surface area contributed by atoms with Gasteiger partial charge >= 0.3 is 0 Å². The number of carbonyl (C=O) groups excluding carboxylic acids is 1. The normalized spacial score (nSPS) is 24.3. The molecule has 2 heterocycles. The molecular formula is C14H29Cl2N3O3. The minimum absolute atomic E-state index is 0. The van der Waals surface area contributed by atoms with E-state index in [0.717, 1.165) is 26.3 Å². The van der Waals surface area contributed by atoms with Crippen molar-refractivity contribution in [3.8, 4) is 0 Å². The van der Waals surface area contributed by atoms with Gasteiger partial charge in [-0.25, -0.2) is 0 Å². The van der Waals surface area contributed by atoms with Crippen molar-refractivity contribution in [2.24, 2.45) is 5.73 Å². The summed E-state index contributed by atoms with van der Waals surface area (Å²) in [4.78, 5) is 14.7. The molecule has 2 fully saturated rings. The quantitative estimate of drug-likeness (QED) is 0.768. The van der Waals surface area contributed by atoms with E-state index in [1.165, 1.54) is 0 Å². The lowest BCUT2D eigenvalue weighted by Crippen LogP contribution is -2.61. The number of halogens is 2. The molecule has 2 saturated heterocycles. The summed E-state index contributed by atoms with van der Waals surface area (Å²) in [6, 6.07) is 0.357. The topological polar surface area (TPSA) is 76.8 Å². The molecule has 2 unspecified atom stereocenters. The average molecular weight is 358 g/mol. The van der Waals surface area contributed by atoms with Crippen LogP contribution in [0.5, 0.6) is 0 Å². The highest BCUT2D eigenvalue weighted by Crippen LogP contribution is 2.18. The van der Waals surface area contributed by atoms with Crippen LogP contribution in [0.15, 0.2) is 0 Å². The third kappa shape index (κ3) is 5.51. The molecule has 2 rings (SSSR count). The Bertz CT molecular complexity index is 335. The molecule has 0 aromatic heterocycles. The van der Waals surface area contributed by atoms with E-state index < -0.39 is 5.54 Å². The summed E-state index contributed by atoms with van der Waals surface area (Å²) in [5.41, 5.74) is 5.44. The van der Waals surface area contributed by atoms with Gasteiger partial charge in [0, 0.05) is 38.4 Å². The Balaban J connectivity index is 0.00000220. The Kier molecular flexibility index (Phi) is 9.85. The second-order valence-electron chi connectivity index (χ2n) is 5.92. The predicted molar refractivity (Wildman–Crippen MR) is 90.9 cm³/mol. The number of nitrogens with zero attached hydrogens (tertiary/aromatic N) is 1. The van der Waals surface area contributed by atoms with Gasteiger partial charge in [-0.15, -0.1) is 24.8 Å². The van der Waals surface area contributed by atoms with Gasteiger partial charge in [0.25, 0.3) is 0 Å². The van der Waals surface area contributed by atoms with Gasteiger partial charge in [0.05, 0.1) is 18.8 Å². The van der Waals surface area contributed by atoms with Gasteiger partial charge in [-0.2, -0.15) is 0 Å². The number of morpholine rings is 1. The number of carbonyl (C=O) groups is 1. The smallest absolute Gasteiger partial charge is 0.240 e. The molecule has 2 aliphatic heterocycles. The van der Waals surface area contributed by atoms with Crippen LogP contribution in [0.25, 0.3) is 0 Å². The van der Waals surface area contributed by atoms with Crippen LogP contribution in [0.3, 0.4) is 0 Å². The zero-order valence-electron chi connectivity index (χ0n) is 13.4. The lowest BCUT2D eigenvalue weighted by Gasteiger charge is -2.38. The van der Waals surface area contributed by atoms with E-state index in [1.54, 1.807) is 0 Å². The largest absolute Gasteiger partial charge is 0.381 e. The second kappa shape index (κ2) is 9.90. The first-order chi connectivity index (χ1) is 9.53. The molecular weight excluding hydrogens is 329 g/mol. The fraction of sp³-hybridized carbons (Fsp3) is 0.929. The first kappa shape index (κ1) is 21.9. The van der Waals surface area contributed by atoms with Crippen LogP contribution < -0.4 is 11.1 Å². The molecule has 0 spiro atoms. The summed E-state index contributed by atoms with van der Waals surface area (Å²) in [6.45, 7) is 8.69. The SMILES string of the molecule is CC(NC(=O)C1(N)CCOCC1)C(C)N1CCOCC1.Cl.Cl. The second-order valence-corrected chi connectivity index (χ2v) is 5.92. The number of hydrogen-bond donors (Lipinski definition) is 2. The van der Waals surface area contributed by atoms with E-state index >= 15 is 0 Å². The summed E-state index contributed by atoms with van der Waals surface area (Å²) in [5.74, 6) is -0.0478. The van der Waals surface area contributed by atoms with E-state index in [9.17, 15) is 4.79 Å². The predicted octanol–water partition coefficient (Wildman–Crippen LogP) is 0.563. The van der Waals surface area contributed by atoms with Crippen molar-refractivity contribution >= 4 is 30.7 Å². The van der Waals surface area contributed by atoms with Gasteiger partial charge in [0.1, 0.15) is 0 Å². The van der Waals surface area contributed by atoms with E-state index in [4.69, 9.17) is 15.2 Å². The van der Waals surface area contributed by atoms with Crippen LogP contribution in [-0.2, 0) is 14.3 Å². The van der Waals surface area contributed by atoms with Crippen molar-refractivity contribution in [2.45, 2.75) is 44.3 Å². The molecule has 2 atom stereocenters. The first-order valence-electron chi connectivity index (χ1n) is 7.52. The minimum Gasteiger partial charge on any atom is -0.381 e. The monoisotopic (exact) mass is 357 g/mol. The Morgan fingerprint density at radius 2 is 1.59 bits per heavy atom. The maximum Gasteiger partial charge on any atom is 0.240 e. The van der Waals surface area contributed by atoms with Crippen LogP contribution in [0.2, 0.25) is 0 Å². The molecule has 1 amide bonds. The van der Waals surface area contributed by atoms with Gasteiger partial charge in [0.2, 0.25) is 5.91 Å². The number of nitrogens with two attached hydrogens (primary N) is 1. The molecule has 0 bridgehead atoms. The van der Waals surface area contributed by atoms with Gasteiger partial charge < -0.3 is 20.5 Å². The average Bonchev–Trinajstić information content (AvgIpc) is 2.48. The zero-order valence-corrected chi connectivity index (χ0v) is 15.0.